The number of allylic oxidation sites excluding steroid dienone is 2. The number of ether oxygens (including phenoxy) is 1. The van der Waals surface area contributed by atoms with Gasteiger partial charge in [-0.05, 0) is 6.08 Å². The Kier molecular flexibility index (Phi) is 2.50. The van der Waals surface area contributed by atoms with Gasteiger partial charge < -0.3 is 9.64 Å². The number of hydrogen-bond donors (Lipinski definition) is 0. The number of amides is 1. The lowest BCUT2D eigenvalue weighted by Crippen LogP contribution is -2.42. The number of nitrogens with zero attached hydrogens (tertiary/aromatic N) is 1. The van der Waals surface area contributed by atoms with Crippen LogP contribution in [-0.2, 0) is 9.53 Å². The molecule has 0 aromatic rings. The maximum Gasteiger partial charge on any atom is 0.223 e. The van der Waals surface area contributed by atoms with Gasteiger partial charge in [0.05, 0.1) is 7.11 Å². The molecule has 1 fully saturated rings. The Labute approximate surface area is 88.2 Å². The molecule has 1 aliphatic carbocycles. The van der Waals surface area contributed by atoms with Gasteiger partial charge in [-0.3, -0.25) is 4.79 Å². The maximum atomic E-state index is 13.8. The summed E-state index contributed by atoms with van der Waals surface area (Å²) in [6, 6.07) is 0. The minimum absolute atomic E-state index is 0.00264. The molecule has 0 spiro atoms. The number of hydrogen-bond acceptors (Lipinski definition) is 2. The summed E-state index contributed by atoms with van der Waals surface area (Å²) in [6.07, 6.45) is 3.82. The molecule has 2 unspecified atom stereocenters. The van der Waals surface area contributed by atoms with Crippen molar-refractivity contribution in [3.63, 3.8) is 0 Å². The van der Waals surface area contributed by atoms with E-state index in [9.17, 15) is 9.18 Å². The first-order valence-electron chi connectivity index (χ1n) is 4.99. The number of likely N-dealkylation sites (tertiary alicyclic amines) is 1. The smallest absolute Gasteiger partial charge is 0.223 e. The van der Waals surface area contributed by atoms with Gasteiger partial charge in [-0.25, -0.2) is 4.39 Å². The lowest BCUT2D eigenvalue weighted by molar-refractivity contribution is -0.134. The minimum atomic E-state index is -0.325. The number of piperidine rings is 1. The van der Waals surface area contributed by atoms with E-state index < -0.39 is 0 Å². The van der Waals surface area contributed by atoms with E-state index in [1.165, 1.54) is 7.11 Å². The third-order valence-electron chi connectivity index (χ3n) is 3.10. The van der Waals surface area contributed by atoms with Crippen LogP contribution in [-0.4, -0.2) is 31.5 Å². The number of fused-ring (bicyclic) bond motifs is 1. The van der Waals surface area contributed by atoms with E-state index in [0.717, 1.165) is 0 Å². The quantitative estimate of drug-likeness (QED) is 0.657. The van der Waals surface area contributed by atoms with Crippen molar-refractivity contribution < 1.29 is 13.9 Å². The molecule has 0 aromatic heterocycles. The van der Waals surface area contributed by atoms with Crippen molar-refractivity contribution in [3.05, 3.63) is 23.7 Å². The Morgan fingerprint density at radius 2 is 2.33 bits per heavy atom. The molecule has 0 aromatic carbocycles. The molecule has 1 amide bonds. The Balaban J connectivity index is 2.25. The highest BCUT2D eigenvalue weighted by atomic mass is 19.1. The third kappa shape index (κ3) is 1.64. The lowest BCUT2D eigenvalue weighted by atomic mass is 9.81. The van der Waals surface area contributed by atoms with Gasteiger partial charge in [0.15, 0.2) is 0 Å². The van der Waals surface area contributed by atoms with E-state index >= 15 is 0 Å². The van der Waals surface area contributed by atoms with Crippen LogP contribution in [0.1, 0.15) is 6.42 Å². The molecule has 2 rings (SSSR count). The van der Waals surface area contributed by atoms with Gasteiger partial charge in [0, 0.05) is 31.8 Å². The molecular formula is C11H14FNO2. The maximum absolute atomic E-state index is 13.8. The SMILES string of the molecule is COC1=C(F)C2CC(=O)N(C)CC2C=C1. The van der Waals surface area contributed by atoms with Gasteiger partial charge in [-0.15, -0.1) is 0 Å². The fraction of sp³-hybridized carbons (Fsp3) is 0.545. The van der Waals surface area contributed by atoms with Gasteiger partial charge in [-0.2, -0.15) is 0 Å². The second-order valence-electron chi connectivity index (χ2n) is 4.02. The van der Waals surface area contributed by atoms with E-state index in [1.807, 2.05) is 6.08 Å². The highest BCUT2D eigenvalue weighted by molar-refractivity contribution is 5.77. The number of methoxy groups -OCH3 is 1. The molecule has 1 aliphatic heterocycles. The van der Waals surface area contributed by atoms with Crippen molar-refractivity contribution in [3.8, 4) is 0 Å². The molecule has 4 heteroatoms. The molecule has 0 bridgehead atoms. The Hall–Kier alpha value is -1.32. The van der Waals surface area contributed by atoms with Crippen LogP contribution in [0.2, 0.25) is 0 Å². The van der Waals surface area contributed by atoms with Crippen molar-refractivity contribution in [2.75, 3.05) is 20.7 Å². The van der Waals surface area contributed by atoms with E-state index in [2.05, 4.69) is 0 Å². The standard InChI is InChI=1S/C11H14FNO2/c1-13-6-7-3-4-9(15-2)11(12)8(7)5-10(13)14/h3-4,7-8H,5-6H2,1-2H3. The first kappa shape index (κ1) is 10.2. The summed E-state index contributed by atoms with van der Waals surface area (Å²) in [5.41, 5.74) is 0. The van der Waals surface area contributed by atoms with Gasteiger partial charge in [0.1, 0.15) is 11.6 Å². The van der Waals surface area contributed by atoms with Crippen molar-refractivity contribution in [2.24, 2.45) is 11.8 Å². The second-order valence-corrected chi connectivity index (χ2v) is 4.02. The van der Waals surface area contributed by atoms with Crippen LogP contribution in [0.15, 0.2) is 23.7 Å². The molecular weight excluding hydrogens is 197 g/mol. The van der Waals surface area contributed by atoms with Crippen molar-refractivity contribution in [1.82, 2.24) is 4.90 Å². The second kappa shape index (κ2) is 3.68. The molecule has 0 N–H and O–H groups in total. The fourth-order valence-corrected chi connectivity index (χ4v) is 2.15. The fourth-order valence-electron chi connectivity index (χ4n) is 2.15. The summed E-state index contributed by atoms with van der Waals surface area (Å²) in [6.45, 7) is 0.588. The average molecular weight is 211 g/mol. The summed E-state index contributed by atoms with van der Waals surface area (Å²) in [5.74, 6) is -0.266. The first-order chi connectivity index (χ1) is 7.13. The van der Waals surface area contributed by atoms with Crippen LogP contribution in [0.5, 0.6) is 0 Å². The molecule has 82 valence electrons. The Morgan fingerprint density at radius 3 is 3.00 bits per heavy atom. The third-order valence-corrected chi connectivity index (χ3v) is 3.10. The first-order valence-corrected chi connectivity index (χ1v) is 4.99. The van der Waals surface area contributed by atoms with Crippen LogP contribution in [0.4, 0.5) is 4.39 Å². The zero-order valence-corrected chi connectivity index (χ0v) is 8.87. The summed E-state index contributed by atoms with van der Waals surface area (Å²) in [7, 11) is 3.19. The van der Waals surface area contributed by atoms with Gasteiger partial charge >= 0.3 is 0 Å². The van der Waals surface area contributed by atoms with E-state index in [0.29, 0.717) is 6.54 Å². The Bertz CT molecular complexity index is 348. The molecule has 3 nitrogen and oxygen atoms in total. The molecule has 1 saturated heterocycles. The lowest BCUT2D eigenvalue weighted by Gasteiger charge is -2.36. The van der Waals surface area contributed by atoms with Crippen LogP contribution >= 0.6 is 0 Å². The summed E-state index contributed by atoms with van der Waals surface area (Å²) < 4.78 is 18.7. The summed E-state index contributed by atoms with van der Waals surface area (Å²) >= 11 is 0. The minimum Gasteiger partial charge on any atom is -0.494 e. The van der Waals surface area contributed by atoms with Gasteiger partial charge in [0.2, 0.25) is 5.91 Å². The van der Waals surface area contributed by atoms with Crippen molar-refractivity contribution in [2.45, 2.75) is 6.42 Å². The van der Waals surface area contributed by atoms with Gasteiger partial charge in [0.25, 0.3) is 0 Å². The zero-order valence-electron chi connectivity index (χ0n) is 8.87. The molecule has 0 radical (unpaired) electrons. The largest absolute Gasteiger partial charge is 0.494 e. The number of carbonyl (C=O) groups excluding carboxylic acids is 1. The number of halogens is 1. The van der Waals surface area contributed by atoms with Crippen molar-refractivity contribution >= 4 is 5.91 Å². The highest BCUT2D eigenvalue weighted by Gasteiger charge is 2.37. The van der Waals surface area contributed by atoms with Crippen LogP contribution in [0.25, 0.3) is 0 Å². The molecule has 2 atom stereocenters. The predicted molar refractivity (Wildman–Crippen MR) is 53.5 cm³/mol. The zero-order chi connectivity index (χ0) is 11.0. The predicted octanol–water partition coefficient (Wildman–Crippen LogP) is 1.48. The molecule has 1 heterocycles. The van der Waals surface area contributed by atoms with Crippen molar-refractivity contribution in [1.29, 1.82) is 0 Å². The van der Waals surface area contributed by atoms with Crippen LogP contribution in [0.3, 0.4) is 0 Å². The average Bonchev–Trinajstić information content (AvgIpc) is 2.22. The molecule has 2 aliphatic rings. The van der Waals surface area contributed by atoms with Crippen LogP contribution in [0, 0.1) is 11.8 Å². The summed E-state index contributed by atoms with van der Waals surface area (Å²) in [4.78, 5) is 13.1. The summed E-state index contributed by atoms with van der Waals surface area (Å²) in [5, 5.41) is 0. The highest BCUT2D eigenvalue weighted by Crippen LogP contribution is 2.37. The number of carbonyl (C=O) groups is 1. The Morgan fingerprint density at radius 1 is 1.60 bits per heavy atom. The van der Waals surface area contributed by atoms with Crippen LogP contribution < -0.4 is 0 Å². The molecule has 0 saturated carbocycles. The monoisotopic (exact) mass is 211 g/mol. The van der Waals surface area contributed by atoms with E-state index in [1.54, 1.807) is 18.0 Å². The molecule has 15 heavy (non-hydrogen) atoms. The van der Waals surface area contributed by atoms with E-state index in [4.69, 9.17) is 4.74 Å². The number of rotatable bonds is 1. The normalized spacial score (nSPS) is 30.6. The van der Waals surface area contributed by atoms with Gasteiger partial charge in [-0.1, -0.05) is 6.08 Å². The topological polar surface area (TPSA) is 29.5 Å². The van der Waals surface area contributed by atoms with E-state index in [-0.39, 0.29) is 35.7 Å².